The predicted octanol–water partition coefficient (Wildman–Crippen LogP) is 4.06. The van der Waals surface area contributed by atoms with E-state index in [9.17, 15) is 18.8 Å². The van der Waals surface area contributed by atoms with Gasteiger partial charge in [0, 0.05) is 25.9 Å². The number of carbonyl (C=O) groups excluding carboxylic acids is 1. The summed E-state index contributed by atoms with van der Waals surface area (Å²) in [7, 11) is 2.10. The number of hydrogen-bond donors (Lipinski definition) is 1. The van der Waals surface area contributed by atoms with Crippen LogP contribution in [0.15, 0.2) is 24.3 Å². The average Bonchev–Trinajstić information content (AvgIpc) is 3.15. The fourth-order valence-electron chi connectivity index (χ4n) is 5.71. The third-order valence-corrected chi connectivity index (χ3v) is 7.22. The Balaban J connectivity index is 1.73. The molecule has 0 radical (unpaired) electrons. The van der Waals surface area contributed by atoms with Crippen molar-refractivity contribution in [3.05, 3.63) is 35.4 Å². The summed E-state index contributed by atoms with van der Waals surface area (Å²) in [6, 6.07) is 7.66. The number of alkyl halides is 2. The van der Waals surface area contributed by atoms with Gasteiger partial charge in [0.15, 0.2) is 0 Å². The van der Waals surface area contributed by atoms with Crippen molar-refractivity contribution in [1.82, 2.24) is 4.90 Å². The monoisotopic (exact) mass is 379 g/mol. The average molecular weight is 379 g/mol. The van der Waals surface area contributed by atoms with Crippen LogP contribution in [0.3, 0.4) is 0 Å². The van der Waals surface area contributed by atoms with Crippen molar-refractivity contribution < 1.29 is 23.7 Å². The van der Waals surface area contributed by atoms with E-state index in [0.717, 1.165) is 24.2 Å². The Morgan fingerprint density at radius 1 is 1.30 bits per heavy atom. The van der Waals surface area contributed by atoms with Crippen LogP contribution >= 0.6 is 0 Å². The standard InChI is InChI=1S/C21H27F2NO3/c1-20(19(25)27-26,13-6-5-9-21(22,23)10-13)17-8-4-3-7-14(17)18-15-11-24(2)12-16(15)18/h3-4,7-8,13,15-16,18,26H,5-6,9-12H2,1-2H3. The number of halogens is 2. The minimum absolute atomic E-state index is 0.144. The smallest absolute Gasteiger partial charge is 0.306 e. The minimum Gasteiger partial charge on any atom is -0.306 e. The zero-order valence-corrected chi connectivity index (χ0v) is 15.8. The van der Waals surface area contributed by atoms with E-state index in [1.165, 1.54) is 0 Å². The van der Waals surface area contributed by atoms with E-state index >= 15 is 0 Å². The van der Waals surface area contributed by atoms with Crippen LogP contribution in [-0.4, -0.2) is 42.2 Å². The Hall–Kier alpha value is -1.53. The topological polar surface area (TPSA) is 49.8 Å². The molecule has 1 heterocycles. The second-order valence-electron chi connectivity index (χ2n) is 8.89. The second kappa shape index (κ2) is 6.52. The van der Waals surface area contributed by atoms with Crippen molar-refractivity contribution in [3.8, 4) is 0 Å². The molecular weight excluding hydrogens is 352 g/mol. The summed E-state index contributed by atoms with van der Waals surface area (Å²) in [6.07, 6.45) is 0.394. The largest absolute Gasteiger partial charge is 0.352 e. The Bertz CT molecular complexity index is 728. The van der Waals surface area contributed by atoms with E-state index in [-0.39, 0.29) is 12.8 Å². The molecule has 0 amide bonds. The number of nitrogens with zero attached hydrogens (tertiary/aromatic N) is 1. The zero-order chi connectivity index (χ0) is 19.4. The van der Waals surface area contributed by atoms with Crippen molar-refractivity contribution in [2.24, 2.45) is 17.8 Å². The number of benzene rings is 1. The maximum Gasteiger partial charge on any atom is 0.352 e. The summed E-state index contributed by atoms with van der Waals surface area (Å²) in [5, 5.41) is 9.19. The Labute approximate surface area is 158 Å². The number of hydrogen-bond acceptors (Lipinski definition) is 4. The molecule has 27 heavy (non-hydrogen) atoms. The number of likely N-dealkylation sites (tertiary alicyclic amines) is 1. The van der Waals surface area contributed by atoms with Gasteiger partial charge >= 0.3 is 5.97 Å². The maximum absolute atomic E-state index is 14.2. The zero-order valence-electron chi connectivity index (χ0n) is 15.8. The van der Waals surface area contributed by atoms with Gasteiger partial charge in [-0.2, -0.15) is 5.26 Å². The van der Waals surface area contributed by atoms with Gasteiger partial charge in [0.25, 0.3) is 0 Å². The summed E-state index contributed by atoms with van der Waals surface area (Å²) in [6.45, 7) is 3.71. The molecule has 1 aliphatic heterocycles. The van der Waals surface area contributed by atoms with E-state index in [1.807, 2.05) is 24.3 Å². The van der Waals surface area contributed by atoms with Gasteiger partial charge in [0.1, 0.15) is 0 Å². The SMILES string of the molecule is CN1CC2C(C1)C2c1ccccc1C(C)(C(=O)OO)C1CCCC(F)(F)C1. The lowest BCUT2D eigenvalue weighted by molar-refractivity contribution is -0.243. The molecule has 4 atom stereocenters. The van der Waals surface area contributed by atoms with E-state index < -0.39 is 23.2 Å². The van der Waals surface area contributed by atoms with Crippen LogP contribution in [0.25, 0.3) is 0 Å². The van der Waals surface area contributed by atoms with Crippen LogP contribution in [0.2, 0.25) is 0 Å². The maximum atomic E-state index is 14.2. The molecule has 3 aliphatic rings. The molecule has 4 unspecified atom stereocenters. The van der Waals surface area contributed by atoms with Gasteiger partial charge in [-0.05, 0) is 61.6 Å². The highest BCUT2D eigenvalue weighted by Crippen LogP contribution is 2.60. The first-order valence-electron chi connectivity index (χ1n) is 9.79. The van der Waals surface area contributed by atoms with E-state index in [4.69, 9.17) is 0 Å². The van der Waals surface area contributed by atoms with Gasteiger partial charge in [-0.25, -0.2) is 13.6 Å². The summed E-state index contributed by atoms with van der Waals surface area (Å²) in [5.41, 5.74) is 0.522. The van der Waals surface area contributed by atoms with Gasteiger partial charge in [-0.15, -0.1) is 0 Å². The molecule has 4 nitrogen and oxygen atoms in total. The first-order valence-corrected chi connectivity index (χ1v) is 9.79. The van der Waals surface area contributed by atoms with Crippen LogP contribution in [0.1, 0.15) is 49.7 Å². The first-order chi connectivity index (χ1) is 12.8. The van der Waals surface area contributed by atoms with Gasteiger partial charge < -0.3 is 9.79 Å². The second-order valence-corrected chi connectivity index (χ2v) is 8.89. The third kappa shape index (κ3) is 3.07. The lowest BCUT2D eigenvalue weighted by atomic mass is 9.64. The number of piperidine rings is 1. The Morgan fingerprint density at radius 2 is 1.96 bits per heavy atom. The highest BCUT2D eigenvalue weighted by molar-refractivity contribution is 5.83. The molecule has 148 valence electrons. The van der Waals surface area contributed by atoms with Gasteiger partial charge in [-0.3, -0.25) is 0 Å². The van der Waals surface area contributed by atoms with Gasteiger partial charge in [0.05, 0.1) is 5.41 Å². The molecule has 1 aromatic carbocycles. The van der Waals surface area contributed by atoms with Crippen LogP contribution in [-0.2, 0) is 15.1 Å². The fourth-order valence-corrected chi connectivity index (χ4v) is 5.71. The fraction of sp³-hybridized carbons (Fsp3) is 0.667. The number of rotatable bonds is 4. The molecule has 1 N–H and O–H groups in total. The first kappa shape index (κ1) is 18.8. The molecule has 0 aromatic heterocycles. The third-order valence-electron chi connectivity index (χ3n) is 7.22. The van der Waals surface area contributed by atoms with E-state index in [1.54, 1.807) is 6.92 Å². The minimum atomic E-state index is -2.78. The molecule has 1 aromatic rings. The van der Waals surface area contributed by atoms with Crippen LogP contribution in [0.4, 0.5) is 8.78 Å². The van der Waals surface area contributed by atoms with Gasteiger partial charge in [0.2, 0.25) is 5.92 Å². The lowest BCUT2D eigenvalue weighted by Crippen LogP contribution is -2.46. The van der Waals surface area contributed by atoms with Gasteiger partial charge in [-0.1, -0.05) is 24.3 Å². The molecule has 2 saturated carbocycles. The predicted molar refractivity (Wildman–Crippen MR) is 96.6 cm³/mol. The highest BCUT2D eigenvalue weighted by Gasteiger charge is 2.58. The van der Waals surface area contributed by atoms with Crippen LogP contribution in [0.5, 0.6) is 0 Å². The van der Waals surface area contributed by atoms with Crippen LogP contribution < -0.4 is 0 Å². The highest BCUT2D eigenvalue weighted by atomic mass is 19.3. The van der Waals surface area contributed by atoms with Crippen molar-refractivity contribution in [1.29, 1.82) is 0 Å². The van der Waals surface area contributed by atoms with Crippen molar-refractivity contribution in [2.75, 3.05) is 20.1 Å². The summed E-state index contributed by atoms with van der Waals surface area (Å²) in [5.74, 6) is -2.72. The molecule has 0 spiro atoms. The molecule has 3 fully saturated rings. The summed E-state index contributed by atoms with van der Waals surface area (Å²) in [4.78, 5) is 19.2. The van der Waals surface area contributed by atoms with E-state index in [0.29, 0.717) is 30.6 Å². The molecule has 0 bridgehead atoms. The number of carbonyl (C=O) groups is 1. The Kier molecular flexibility index (Phi) is 4.54. The lowest BCUT2D eigenvalue weighted by Gasteiger charge is -2.40. The number of fused-ring (bicyclic) bond motifs is 1. The van der Waals surface area contributed by atoms with Crippen molar-refractivity contribution in [2.45, 2.75) is 49.9 Å². The molecule has 2 aliphatic carbocycles. The van der Waals surface area contributed by atoms with Crippen LogP contribution in [0, 0.1) is 17.8 Å². The summed E-state index contributed by atoms with van der Waals surface area (Å²) >= 11 is 0. The molecule has 6 heteroatoms. The Morgan fingerprint density at radius 3 is 2.59 bits per heavy atom. The van der Waals surface area contributed by atoms with Crippen molar-refractivity contribution >= 4 is 5.97 Å². The summed E-state index contributed by atoms with van der Waals surface area (Å²) < 4.78 is 28.3. The molecular formula is C21H27F2NO3. The van der Waals surface area contributed by atoms with Crippen molar-refractivity contribution in [3.63, 3.8) is 0 Å². The molecule has 1 saturated heterocycles. The van der Waals surface area contributed by atoms with E-state index in [2.05, 4.69) is 16.8 Å². The quantitative estimate of drug-likeness (QED) is 0.633. The normalized spacial score (nSPS) is 34.6. The molecule has 4 rings (SSSR count).